The number of aliphatic hydroxyl groups excluding tert-OH is 1. The highest BCUT2D eigenvalue weighted by Crippen LogP contribution is 2.20. The molecule has 0 bridgehead atoms. The second-order valence-electron chi connectivity index (χ2n) is 6.21. The molecule has 1 atom stereocenters. The first-order valence-corrected chi connectivity index (χ1v) is 8.68. The van der Waals surface area contributed by atoms with Crippen LogP contribution in [0, 0.1) is 12.7 Å². The van der Waals surface area contributed by atoms with Gasteiger partial charge >= 0.3 is 6.03 Å². The summed E-state index contributed by atoms with van der Waals surface area (Å²) in [5.74, 6) is 0.624. The minimum Gasteiger partial charge on any atom is -0.439 e. The summed E-state index contributed by atoms with van der Waals surface area (Å²) in [6.07, 6.45) is 0.455. The van der Waals surface area contributed by atoms with E-state index in [2.05, 4.69) is 15.6 Å². The summed E-state index contributed by atoms with van der Waals surface area (Å²) < 4.78 is 18.8. The number of pyridine rings is 1. The highest BCUT2D eigenvalue weighted by Gasteiger charge is 2.10. The van der Waals surface area contributed by atoms with Crippen LogP contribution in [0.4, 0.5) is 14.9 Å². The molecule has 144 valence electrons. The third-order valence-electron chi connectivity index (χ3n) is 3.93. The average molecular weight is 381 g/mol. The van der Waals surface area contributed by atoms with Crippen LogP contribution in [0.5, 0.6) is 11.6 Å². The number of halogens is 1. The summed E-state index contributed by atoms with van der Waals surface area (Å²) in [5.41, 5.74) is 1.99. The van der Waals surface area contributed by atoms with Crippen molar-refractivity contribution >= 4 is 11.7 Å². The molecule has 2 amide bonds. The van der Waals surface area contributed by atoms with Crippen LogP contribution < -0.4 is 15.4 Å². The summed E-state index contributed by atoms with van der Waals surface area (Å²) in [7, 11) is 0. The van der Waals surface area contributed by atoms with Crippen molar-refractivity contribution in [2.75, 3.05) is 11.9 Å². The molecule has 0 saturated heterocycles. The molecular weight excluding hydrogens is 361 g/mol. The van der Waals surface area contributed by atoms with Crippen molar-refractivity contribution in [3.63, 3.8) is 0 Å². The number of urea groups is 1. The standard InChI is InChI=1S/C21H20FN3O3/c1-14-5-8-18(9-6-14)28-20-10-7-17(12-23-20)25-21(27)24-13-19(26)15-3-2-4-16(22)11-15/h2-12,19,26H,13H2,1H3,(H2,24,25,27). The highest BCUT2D eigenvalue weighted by atomic mass is 19.1. The van der Waals surface area contributed by atoms with Gasteiger partial charge in [0.05, 0.1) is 18.0 Å². The van der Waals surface area contributed by atoms with E-state index in [0.717, 1.165) is 5.56 Å². The van der Waals surface area contributed by atoms with E-state index in [0.29, 0.717) is 22.9 Å². The van der Waals surface area contributed by atoms with Crippen molar-refractivity contribution in [2.45, 2.75) is 13.0 Å². The zero-order valence-corrected chi connectivity index (χ0v) is 15.2. The molecule has 3 rings (SSSR count). The first-order valence-electron chi connectivity index (χ1n) is 8.68. The number of hydrogen-bond donors (Lipinski definition) is 3. The third-order valence-corrected chi connectivity index (χ3v) is 3.93. The minimum absolute atomic E-state index is 0.0582. The van der Waals surface area contributed by atoms with E-state index in [1.54, 1.807) is 18.2 Å². The second kappa shape index (κ2) is 8.96. The van der Waals surface area contributed by atoms with Gasteiger partial charge < -0.3 is 20.5 Å². The van der Waals surface area contributed by atoms with E-state index < -0.39 is 18.0 Å². The van der Waals surface area contributed by atoms with Crippen molar-refractivity contribution in [1.29, 1.82) is 0 Å². The van der Waals surface area contributed by atoms with Gasteiger partial charge in [0.25, 0.3) is 0 Å². The fourth-order valence-corrected chi connectivity index (χ4v) is 2.44. The zero-order valence-electron chi connectivity index (χ0n) is 15.2. The molecule has 1 unspecified atom stereocenters. The molecule has 0 aliphatic rings. The van der Waals surface area contributed by atoms with Crippen LogP contribution in [0.2, 0.25) is 0 Å². The summed E-state index contributed by atoms with van der Waals surface area (Å²) in [6, 6.07) is 15.9. The number of anilines is 1. The lowest BCUT2D eigenvalue weighted by Crippen LogP contribution is -2.32. The van der Waals surface area contributed by atoms with Crippen molar-refractivity contribution in [3.05, 3.63) is 83.8 Å². The van der Waals surface area contributed by atoms with E-state index in [1.165, 1.54) is 24.4 Å². The van der Waals surface area contributed by atoms with Crippen molar-refractivity contribution in [3.8, 4) is 11.6 Å². The highest BCUT2D eigenvalue weighted by molar-refractivity contribution is 5.89. The fourth-order valence-electron chi connectivity index (χ4n) is 2.44. The Hall–Kier alpha value is -3.45. The number of aromatic nitrogens is 1. The van der Waals surface area contributed by atoms with Crippen LogP contribution >= 0.6 is 0 Å². The van der Waals surface area contributed by atoms with Crippen LogP contribution in [0.1, 0.15) is 17.2 Å². The monoisotopic (exact) mass is 381 g/mol. The molecule has 0 saturated carbocycles. The maximum absolute atomic E-state index is 13.2. The summed E-state index contributed by atoms with van der Waals surface area (Å²) >= 11 is 0. The van der Waals surface area contributed by atoms with Gasteiger partial charge in [0.1, 0.15) is 11.6 Å². The number of amides is 2. The molecule has 2 aromatic carbocycles. The number of aryl methyl sites for hydroxylation is 1. The molecule has 0 aliphatic heterocycles. The predicted molar refractivity (Wildman–Crippen MR) is 104 cm³/mol. The number of nitrogens with one attached hydrogen (secondary N) is 2. The molecule has 3 N–H and O–H groups in total. The van der Waals surface area contributed by atoms with Crippen LogP contribution in [0.15, 0.2) is 66.9 Å². The third kappa shape index (κ3) is 5.52. The first-order chi connectivity index (χ1) is 13.5. The lowest BCUT2D eigenvalue weighted by atomic mass is 10.1. The van der Waals surface area contributed by atoms with Gasteiger partial charge in [0.2, 0.25) is 5.88 Å². The van der Waals surface area contributed by atoms with Crippen molar-refractivity contribution < 1.29 is 19.0 Å². The number of benzene rings is 2. The van der Waals surface area contributed by atoms with Gasteiger partial charge in [-0.2, -0.15) is 0 Å². The van der Waals surface area contributed by atoms with E-state index in [-0.39, 0.29) is 6.54 Å². The SMILES string of the molecule is Cc1ccc(Oc2ccc(NC(=O)NCC(O)c3cccc(F)c3)cn2)cc1. The average Bonchev–Trinajstić information content (AvgIpc) is 2.69. The molecule has 0 spiro atoms. The summed E-state index contributed by atoms with van der Waals surface area (Å²) in [4.78, 5) is 16.1. The van der Waals surface area contributed by atoms with E-state index in [9.17, 15) is 14.3 Å². The molecule has 1 heterocycles. The molecule has 3 aromatic rings. The van der Waals surface area contributed by atoms with Gasteiger partial charge in [-0.3, -0.25) is 0 Å². The largest absolute Gasteiger partial charge is 0.439 e. The maximum atomic E-state index is 13.2. The minimum atomic E-state index is -1.01. The van der Waals surface area contributed by atoms with E-state index in [1.807, 2.05) is 31.2 Å². The van der Waals surface area contributed by atoms with Gasteiger partial charge in [0, 0.05) is 12.6 Å². The van der Waals surface area contributed by atoms with Crippen LogP contribution in [-0.2, 0) is 0 Å². The number of nitrogens with zero attached hydrogens (tertiary/aromatic N) is 1. The van der Waals surface area contributed by atoms with Crippen LogP contribution in [0.3, 0.4) is 0 Å². The lowest BCUT2D eigenvalue weighted by Gasteiger charge is -2.13. The predicted octanol–water partition coefficient (Wildman–Crippen LogP) is 4.18. The second-order valence-corrected chi connectivity index (χ2v) is 6.21. The quantitative estimate of drug-likeness (QED) is 0.598. The van der Waals surface area contributed by atoms with Gasteiger partial charge in [-0.05, 0) is 42.8 Å². The number of carbonyl (C=O) groups excluding carboxylic acids is 1. The van der Waals surface area contributed by atoms with Crippen LogP contribution in [-0.4, -0.2) is 22.7 Å². The topological polar surface area (TPSA) is 83.5 Å². The Kier molecular flexibility index (Phi) is 6.18. The van der Waals surface area contributed by atoms with Crippen LogP contribution in [0.25, 0.3) is 0 Å². The number of hydrogen-bond acceptors (Lipinski definition) is 4. The fraction of sp³-hybridized carbons (Fsp3) is 0.143. The lowest BCUT2D eigenvalue weighted by molar-refractivity contribution is 0.174. The van der Waals surface area contributed by atoms with Gasteiger partial charge in [-0.1, -0.05) is 29.8 Å². The molecular formula is C21H20FN3O3. The van der Waals surface area contributed by atoms with Gasteiger partial charge in [-0.15, -0.1) is 0 Å². The van der Waals surface area contributed by atoms with E-state index >= 15 is 0 Å². The molecule has 7 heteroatoms. The normalized spacial score (nSPS) is 11.5. The summed E-state index contributed by atoms with van der Waals surface area (Å²) in [6.45, 7) is 1.93. The van der Waals surface area contributed by atoms with Crippen molar-refractivity contribution in [1.82, 2.24) is 10.3 Å². The number of rotatable bonds is 6. The Morgan fingerprint density at radius 3 is 2.64 bits per heavy atom. The molecule has 6 nitrogen and oxygen atoms in total. The number of carbonyl (C=O) groups is 1. The van der Waals surface area contributed by atoms with Gasteiger partial charge in [0.15, 0.2) is 0 Å². The smallest absolute Gasteiger partial charge is 0.319 e. The molecule has 1 aromatic heterocycles. The Morgan fingerprint density at radius 2 is 1.96 bits per heavy atom. The van der Waals surface area contributed by atoms with Crippen molar-refractivity contribution in [2.24, 2.45) is 0 Å². The Morgan fingerprint density at radius 1 is 1.18 bits per heavy atom. The Labute approximate surface area is 162 Å². The molecule has 0 aliphatic carbocycles. The van der Waals surface area contributed by atoms with E-state index in [4.69, 9.17) is 4.74 Å². The Balaban J connectivity index is 1.49. The first kappa shape index (κ1) is 19.3. The van der Waals surface area contributed by atoms with Gasteiger partial charge in [-0.25, -0.2) is 14.2 Å². The molecule has 0 fully saturated rings. The molecule has 28 heavy (non-hydrogen) atoms. The zero-order chi connectivity index (χ0) is 19.9. The maximum Gasteiger partial charge on any atom is 0.319 e. The Bertz CT molecular complexity index is 930. The molecule has 0 radical (unpaired) electrons. The number of aliphatic hydroxyl groups is 1. The summed E-state index contributed by atoms with van der Waals surface area (Å²) in [5, 5.41) is 15.1. The number of ether oxygens (including phenoxy) is 1.